The number of carbonyl (C=O) groups excluding carboxylic acids is 1. The SMILES string of the molecule is C[C@@H](NC(=O)c1ccc(-c2ccc(F)cc2)c2ccn(Cc3ccc(C(F)(F)F)cc3)c12)c1ccc(C(=O)O)cc1. The highest BCUT2D eigenvalue weighted by Gasteiger charge is 2.30. The zero-order valence-corrected chi connectivity index (χ0v) is 21.7. The summed E-state index contributed by atoms with van der Waals surface area (Å²) < 4.78 is 54.6. The second-order valence-corrected chi connectivity index (χ2v) is 9.69. The molecule has 1 heterocycles. The average Bonchev–Trinajstić information content (AvgIpc) is 3.36. The minimum absolute atomic E-state index is 0.131. The Labute approximate surface area is 232 Å². The largest absolute Gasteiger partial charge is 0.478 e. The molecule has 0 aliphatic heterocycles. The number of nitrogens with one attached hydrogen (secondary N) is 1. The van der Waals surface area contributed by atoms with E-state index in [0.29, 0.717) is 22.2 Å². The maximum absolute atomic E-state index is 13.6. The summed E-state index contributed by atoms with van der Waals surface area (Å²) >= 11 is 0. The summed E-state index contributed by atoms with van der Waals surface area (Å²) in [7, 11) is 0. The first-order chi connectivity index (χ1) is 19.5. The van der Waals surface area contributed by atoms with E-state index in [0.717, 1.165) is 28.6 Å². The second-order valence-electron chi connectivity index (χ2n) is 9.69. The molecular formula is C32H24F4N2O3. The van der Waals surface area contributed by atoms with Gasteiger partial charge >= 0.3 is 12.1 Å². The standard InChI is InChI=1S/C32H24F4N2O3/c1-19(21-4-6-23(7-5-21)31(40)41)37-30(39)28-15-14-26(22-8-12-25(33)13-9-22)27-16-17-38(29(27)28)18-20-2-10-24(11-3-20)32(34,35)36/h2-17,19H,18H2,1H3,(H,37,39)(H,40,41)/t19-/m1/s1. The molecule has 9 heteroatoms. The fourth-order valence-electron chi connectivity index (χ4n) is 4.79. The lowest BCUT2D eigenvalue weighted by Gasteiger charge is -2.17. The number of benzene rings is 4. The van der Waals surface area contributed by atoms with Gasteiger partial charge in [-0.15, -0.1) is 0 Å². The number of hydrogen-bond acceptors (Lipinski definition) is 2. The van der Waals surface area contributed by atoms with E-state index in [9.17, 15) is 27.2 Å². The molecule has 1 amide bonds. The first kappa shape index (κ1) is 27.6. The Bertz CT molecular complexity index is 1720. The van der Waals surface area contributed by atoms with E-state index in [1.54, 1.807) is 54.1 Å². The topological polar surface area (TPSA) is 71.3 Å². The zero-order valence-electron chi connectivity index (χ0n) is 21.7. The van der Waals surface area contributed by atoms with Crippen LogP contribution in [-0.2, 0) is 12.7 Å². The van der Waals surface area contributed by atoms with Crippen LogP contribution in [0.3, 0.4) is 0 Å². The number of nitrogens with zero attached hydrogens (tertiary/aromatic N) is 1. The van der Waals surface area contributed by atoms with Crippen LogP contribution >= 0.6 is 0 Å². The van der Waals surface area contributed by atoms with Crippen molar-refractivity contribution in [3.63, 3.8) is 0 Å². The quantitative estimate of drug-likeness (QED) is 0.200. The third-order valence-corrected chi connectivity index (χ3v) is 6.96. The summed E-state index contributed by atoms with van der Waals surface area (Å²) in [4.78, 5) is 24.7. The number of fused-ring (bicyclic) bond motifs is 1. The summed E-state index contributed by atoms with van der Waals surface area (Å²) in [6, 6.07) is 21.8. The van der Waals surface area contributed by atoms with Crippen LogP contribution in [0.25, 0.3) is 22.0 Å². The average molecular weight is 561 g/mol. The Morgan fingerprint density at radius 2 is 1.54 bits per heavy atom. The van der Waals surface area contributed by atoms with Gasteiger partial charge in [-0.1, -0.05) is 42.5 Å². The van der Waals surface area contributed by atoms with Crippen LogP contribution in [0.5, 0.6) is 0 Å². The van der Waals surface area contributed by atoms with Crippen molar-refractivity contribution in [2.45, 2.75) is 25.7 Å². The molecule has 5 aromatic rings. The highest BCUT2D eigenvalue weighted by Crippen LogP contribution is 2.34. The minimum Gasteiger partial charge on any atom is -0.478 e. The number of carbonyl (C=O) groups is 2. The third-order valence-electron chi connectivity index (χ3n) is 6.96. The molecule has 0 aliphatic rings. The second kappa shape index (κ2) is 10.9. The maximum Gasteiger partial charge on any atom is 0.416 e. The number of alkyl halides is 3. The van der Waals surface area contributed by atoms with Crippen molar-refractivity contribution in [1.29, 1.82) is 0 Å². The fourth-order valence-corrected chi connectivity index (χ4v) is 4.79. The van der Waals surface area contributed by atoms with Crippen LogP contribution in [0.15, 0.2) is 97.2 Å². The molecule has 4 aromatic carbocycles. The smallest absolute Gasteiger partial charge is 0.416 e. The monoisotopic (exact) mass is 560 g/mol. The van der Waals surface area contributed by atoms with Crippen molar-refractivity contribution < 1.29 is 32.3 Å². The lowest BCUT2D eigenvalue weighted by atomic mass is 9.98. The Morgan fingerprint density at radius 3 is 2.15 bits per heavy atom. The van der Waals surface area contributed by atoms with Crippen molar-refractivity contribution >= 4 is 22.8 Å². The molecule has 0 unspecified atom stereocenters. The minimum atomic E-state index is -4.45. The molecule has 5 rings (SSSR count). The maximum atomic E-state index is 13.6. The van der Waals surface area contributed by atoms with E-state index in [-0.39, 0.29) is 23.8 Å². The summed E-state index contributed by atoms with van der Waals surface area (Å²) in [6.07, 6.45) is -2.68. The normalized spacial score (nSPS) is 12.3. The lowest BCUT2D eigenvalue weighted by Crippen LogP contribution is -2.27. The van der Waals surface area contributed by atoms with E-state index in [4.69, 9.17) is 5.11 Å². The molecule has 0 saturated carbocycles. The van der Waals surface area contributed by atoms with Crippen molar-refractivity contribution in [2.24, 2.45) is 0 Å². The number of rotatable bonds is 7. The van der Waals surface area contributed by atoms with Gasteiger partial charge in [0.1, 0.15) is 5.82 Å². The molecule has 2 N–H and O–H groups in total. The molecule has 0 fully saturated rings. The Morgan fingerprint density at radius 1 is 0.878 bits per heavy atom. The van der Waals surface area contributed by atoms with Gasteiger partial charge in [0, 0.05) is 18.1 Å². The summed E-state index contributed by atoms with van der Waals surface area (Å²) in [5.41, 5.74) is 3.12. The van der Waals surface area contributed by atoms with Gasteiger partial charge in [0.15, 0.2) is 0 Å². The van der Waals surface area contributed by atoms with Crippen LogP contribution in [-0.4, -0.2) is 21.6 Å². The molecule has 0 radical (unpaired) electrons. The van der Waals surface area contributed by atoms with E-state index < -0.39 is 23.8 Å². The van der Waals surface area contributed by atoms with Gasteiger partial charge in [-0.3, -0.25) is 4.79 Å². The lowest BCUT2D eigenvalue weighted by molar-refractivity contribution is -0.137. The van der Waals surface area contributed by atoms with Crippen LogP contribution in [0.1, 0.15) is 50.4 Å². The van der Waals surface area contributed by atoms with Gasteiger partial charge < -0.3 is 15.0 Å². The van der Waals surface area contributed by atoms with E-state index in [2.05, 4.69) is 5.32 Å². The van der Waals surface area contributed by atoms with Gasteiger partial charge in [0.25, 0.3) is 5.91 Å². The number of aromatic carboxylic acids is 1. The number of amides is 1. The van der Waals surface area contributed by atoms with Gasteiger partial charge in [-0.25, -0.2) is 9.18 Å². The Hall–Kier alpha value is -4.92. The predicted molar refractivity (Wildman–Crippen MR) is 147 cm³/mol. The molecular weight excluding hydrogens is 536 g/mol. The van der Waals surface area contributed by atoms with Crippen LogP contribution in [0.2, 0.25) is 0 Å². The Balaban J connectivity index is 1.53. The molecule has 5 nitrogen and oxygen atoms in total. The zero-order chi connectivity index (χ0) is 29.3. The highest BCUT2D eigenvalue weighted by atomic mass is 19.4. The van der Waals surface area contributed by atoms with Crippen LogP contribution in [0, 0.1) is 5.82 Å². The van der Waals surface area contributed by atoms with Gasteiger partial charge in [-0.2, -0.15) is 13.2 Å². The van der Waals surface area contributed by atoms with Crippen LogP contribution < -0.4 is 5.32 Å². The first-order valence-corrected chi connectivity index (χ1v) is 12.7. The number of carboxylic acids is 1. The van der Waals surface area contributed by atoms with Crippen molar-refractivity contribution in [1.82, 2.24) is 9.88 Å². The molecule has 0 saturated heterocycles. The first-order valence-electron chi connectivity index (χ1n) is 12.7. The Kier molecular flexibility index (Phi) is 7.36. The molecule has 0 bridgehead atoms. The summed E-state index contributed by atoms with van der Waals surface area (Å²) in [5, 5.41) is 12.8. The van der Waals surface area contributed by atoms with Gasteiger partial charge in [-0.05, 0) is 77.7 Å². The van der Waals surface area contributed by atoms with E-state index >= 15 is 0 Å². The molecule has 1 atom stereocenters. The highest BCUT2D eigenvalue weighted by molar-refractivity contribution is 6.10. The fraction of sp³-hybridized carbons (Fsp3) is 0.125. The van der Waals surface area contributed by atoms with Crippen LogP contribution in [0.4, 0.5) is 17.6 Å². The predicted octanol–water partition coefficient (Wildman–Crippen LogP) is 7.70. The number of hydrogen-bond donors (Lipinski definition) is 2. The summed E-state index contributed by atoms with van der Waals surface area (Å²) in [5.74, 6) is -1.82. The van der Waals surface area contributed by atoms with E-state index in [1.807, 2.05) is 6.07 Å². The number of aromatic nitrogens is 1. The number of halogens is 4. The molecule has 0 spiro atoms. The number of carboxylic acid groups (broad SMARTS) is 1. The van der Waals surface area contributed by atoms with Gasteiger partial charge in [0.2, 0.25) is 0 Å². The van der Waals surface area contributed by atoms with Crippen molar-refractivity contribution in [3.8, 4) is 11.1 Å². The molecule has 1 aromatic heterocycles. The van der Waals surface area contributed by atoms with E-state index in [1.165, 1.54) is 36.4 Å². The molecule has 41 heavy (non-hydrogen) atoms. The third kappa shape index (κ3) is 5.84. The van der Waals surface area contributed by atoms with Crippen molar-refractivity contribution in [2.75, 3.05) is 0 Å². The van der Waals surface area contributed by atoms with Crippen molar-refractivity contribution in [3.05, 3.63) is 131 Å². The molecule has 208 valence electrons. The molecule has 0 aliphatic carbocycles. The summed E-state index contributed by atoms with van der Waals surface area (Å²) in [6.45, 7) is 1.99. The van der Waals surface area contributed by atoms with Gasteiger partial charge in [0.05, 0.1) is 28.2 Å².